The Hall–Kier alpha value is -1.36. The van der Waals surface area contributed by atoms with Crippen LogP contribution in [0, 0.1) is 13.8 Å². The van der Waals surface area contributed by atoms with E-state index in [1.165, 1.54) is 12.1 Å². The van der Waals surface area contributed by atoms with E-state index in [0.29, 0.717) is 6.54 Å². The van der Waals surface area contributed by atoms with Crippen molar-refractivity contribution in [1.82, 2.24) is 20.4 Å². The SMILES string of the molecule is Cc1cc(C)n(CCCNC(=O)C2(C)CCCCN2)n1. The summed E-state index contributed by atoms with van der Waals surface area (Å²) in [6.07, 6.45) is 4.13. The Bertz CT molecular complexity index is 460. The lowest BCUT2D eigenvalue weighted by Crippen LogP contribution is -2.57. The molecule has 1 fully saturated rings. The van der Waals surface area contributed by atoms with Gasteiger partial charge >= 0.3 is 0 Å². The van der Waals surface area contributed by atoms with E-state index < -0.39 is 0 Å². The topological polar surface area (TPSA) is 59.0 Å². The number of nitrogens with one attached hydrogen (secondary N) is 2. The molecule has 5 nitrogen and oxygen atoms in total. The lowest BCUT2D eigenvalue weighted by Gasteiger charge is -2.33. The number of hydrogen-bond donors (Lipinski definition) is 2. The first-order valence-corrected chi connectivity index (χ1v) is 7.56. The molecular formula is C15H26N4O. The minimum absolute atomic E-state index is 0.130. The lowest BCUT2D eigenvalue weighted by molar-refractivity contribution is -0.127. The van der Waals surface area contributed by atoms with Crippen LogP contribution in [0.25, 0.3) is 0 Å². The van der Waals surface area contributed by atoms with Crippen LogP contribution >= 0.6 is 0 Å². The Labute approximate surface area is 121 Å². The predicted octanol–water partition coefficient (Wildman–Crippen LogP) is 1.54. The number of carbonyl (C=O) groups excluding carboxylic acids is 1. The predicted molar refractivity (Wildman–Crippen MR) is 79.6 cm³/mol. The maximum atomic E-state index is 12.2. The first-order chi connectivity index (χ1) is 9.51. The van der Waals surface area contributed by atoms with E-state index in [1.54, 1.807) is 0 Å². The highest BCUT2D eigenvalue weighted by Gasteiger charge is 2.33. The van der Waals surface area contributed by atoms with E-state index in [4.69, 9.17) is 0 Å². The smallest absolute Gasteiger partial charge is 0.240 e. The van der Waals surface area contributed by atoms with Crippen LogP contribution in [0.5, 0.6) is 0 Å². The minimum Gasteiger partial charge on any atom is -0.354 e. The van der Waals surface area contributed by atoms with Crippen LogP contribution < -0.4 is 10.6 Å². The summed E-state index contributed by atoms with van der Waals surface area (Å²) in [7, 11) is 0. The van der Waals surface area contributed by atoms with Gasteiger partial charge in [-0.05, 0) is 59.1 Å². The first kappa shape index (κ1) is 15.0. The average molecular weight is 278 g/mol. The molecule has 0 saturated carbocycles. The molecule has 1 aliphatic rings. The molecule has 2 N–H and O–H groups in total. The molecule has 0 spiro atoms. The van der Waals surface area contributed by atoms with E-state index in [-0.39, 0.29) is 11.4 Å². The fraction of sp³-hybridized carbons (Fsp3) is 0.733. The van der Waals surface area contributed by atoms with E-state index >= 15 is 0 Å². The second-order valence-electron chi connectivity index (χ2n) is 5.98. The van der Waals surface area contributed by atoms with Gasteiger partial charge in [0.25, 0.3) is 0 Å². The lowest BCUT2D eigenvalue weighted by atomic mass is 9.90. The van der Waals surface area contributed by atoms with Crippen molar-refractivity contribution in [1.29, 1.82) is 0 Å². The number of hydrogen-bond acceptors (Lipinski definition) is 3. The third-order valence-electron chi connectivity index (χ3n) is 4.06. The second kappa shape index (κ2) is 6.39. The molecule has 5 heteroatoms. The second-order valence-corrected chi connectivity index (χ2v) is 5.98. The summed E-state index contributed by atoms with van der Waals surface area (Å²) >= 11 is 0. The summed E-state index contributed by atoms with van der Waals surface area (Å²) in [4.78, 5) is 12.2. The molecule has 1 aromatic rings. The van der Waals surface area contributed by atoms with Gasteiger partial charge < -0.3 is 10.6 Å². The van der Waals surface area contributed by atoms with E-state index in [9.17, 15) is 4.79 Å². The highest BCUT2D eigenvalue weighted by molar-refractivity contribution is 5.85. The number of rotatable bonds is 5. The molecule has 0 bridgehead atoms. The largest absolute Gasteiger partial charge is 0.354 e. The van der Waals surface area contributed by atoms with Crippen molar-refractivity contribution in [2.45, 2.75) is 58.5 Å². The Morgan fingerprint density at radius 1 is 1.50 bits per heavy atom. The number of carbonyl (C=O) groups is 1. The summed E-state index contributed by atoms with van der Waals surface area (Å²) in [5.74, 6) is 0.130. The van der Waals surface area contributed by atoms with Gasteiger partial charge in [0.2, 0.25) is 5.91 Å². The van der Waals surface area contributed by atoms with Gasteiger partial charge in [0, 0.05) is 18.8 Å². The van der Waals surface area contributed by atoms with Crippen molar-refractivity contribution < 1.29 is 4.79 Å². The molecule has 2 rings (SSSR count). The summed E-state index contributed by atoms with van der Waals surface area (Å²) in [6, 6.07) is 2.07. The molecule has 1 aromatic heterocycles. The van der Waals surface area contributed by atoms with Crippen LogP contribution in [0.2, 0.25) is 0 Å². The number of aromatic nitrogens is 2. The standard InChI is InChI=1S/C15H26N4O/c1-12-11-13(2)19(18-12)10-6-8-16-14(20)15(3)7-4-5-9-17-15/h11,17H,4-10H2,1-3H3,(H,16,20). The third-order valence-corrected chi connectivity index (χ3v) is 4.06. The number of piperidine rings is 1. The number of nitrogens with zero attached hydrogens (tertiary/aromatic N) is 2. The summed E-state index contributed by atoms with van der Waals surface area (Å²) in [6.45, 7) is 8.56. The van der Waals surface area contributed by atoms with Crippen molar-refractivity contribution in [3.8, 4) is 0 Å². The van der Waals surface area contributed by atoms with E-state index in [1.807, 2.05) is 18.5 Å². The van der Waals surface area contributed by atoms with Gasteiger partial charge in [-0.3, -0.25) is 9.48 Å². The van der Waals surface area contributed by atoms with Crippen LogP contribution in [0.1, 0.15) is 44.0 Å². The number of aryl methyl sites for hydroxylation is 3. The van der Waals surface area contributed by atoms with Gasteiger partial charge in [-0.2, -0.15) is 5.10 Å². The third kappa shape index (κ3) is 3.60. The molecule has 1 atom stereocenters. The molecule has 1 saturated heterocycles. The van der Waals surface area contributed by atoms with Gasteiger partial charge in [0.15, 0.2) is 0 Å². The molecule has 112 valence electrons. The molecule has 0 radical (unpaired) electrons. The molecule has 20 heavy (non-hydrogen) atoms. The average Bonchev–Trinajstić information content (AvgIpc) is 2.73. The molecule has 1 unspecified atom stereocenters. The summed E-state index contributed by atoms with van der Waals surface area (Å²) < 4.78 is 2.00. The summed E-state index contributed by atoms with van der Waals surface area (Å²) in [5, 5.41) is 10.8. The first-order valence-electron chi connectivity index (χ1n) is 7.56. The zero-order valence-electron chi connectivity index (χ0n) is 12.8. The van der Waals surface area contributed by atoms with E-state index in [2.05, 4.69) is 28.7 Å². The molecule has 0 aliphatic carbocycles. The normalized spacial score (nSPS) is 22.8. The zero-order chi connectivity index (χ0) is 14.6. The molecule has 0 aromatic carbocycles. The van der Waals surface area contributed by atoms with Crippen molar-refractivity contribution in [3.05, 3.63) is 17.5 Å². The Morgan fingerprint density at radius 3 is 2.90 bits per heavy atom. The van der Waals surface area contributed by atoms with Crippen molar-refractivity contribution in [3.63, 3.8) is 0 Å². The molecule has 1 aliphatic heterocycles. The maximum absolute atomic E-state index is 12.2. The number of amides is 1. The Kier molecular flexibility index (Phi) is 4.81. The van der Waals surface area contributed by atoms with Crippen molar-refractivity contribution >= 4 is 5.91 Å². The van der Waals surface area contributed by atoms with Crippen LogP contribution in [0.3, 0.4) is 0 Å². The highest BCUT2D eigenvalue weighted by Crippen LogP contribution is 2.18. The molecular weight excluding hydrogens is 252 g/mol. The van der Waals surface area contributed by atoms with Crippen LogP contribution in [0.4, 0.5) is 0 Å². The van der Waals surface area contributed by atoms with Crippen molar-refractivity contribution in [2.24, 2.45) is 0 Å². The van der Waals surface area contributed by atoms with E-state index in [0.717, 1.165) is 38.0 Å². The quantitative estimate of drug-likeness (QED) is 0.803. The van der Waals surface area contributed by atoms with Gasteiger partial charge in [0.1, 0.15) is 0 Å². The highest BCUT2D eigenvalue weighted by atomic mass is 16.2. The van der Waals surface area contributed by atoms with Gasteiger partial charge in [-0.25, -0.2) is 0 Å². The zero-order valence-corrected chi connectivity index (χ0v) is 12.8. The fourth-order valence-electron chi connectivity index (χ4n) is 2.78. The monoisotopic (exact) mass is 278 g/mol. The molecule has 1 amide bonds. The Morgan fingerprint density at radius 2 is 2.30 bits per heavy atom. The van der Waals surface area contributed by atoms with Gasteiger partial charge in [-0.1, -0.05) is 0 Å². The maximum Gasteiger partial charge on any atom is 0.240 e. The van der Waals surface area contributed by atoms with Crippen LogP contribution in [-0.4, -0.2) is 34.3 Å². The van der Waals surface area contributed by atoms with Crippen LogP contribution in [0.15, 0.2) is 6.07 Å². The summed E-state index contributed by atoms with van der Waals surface area (Å²) in [5.41, 5.74) is 1.84. The Balaban J connectivity index is 1.73. The van der Waals surface area contributed by atoms with Gasteiger partial charge in [-0.15, -0.1) is 0 Å². The van der Waals surface area contributed by atoms with Gasteiger partial charge in [0.05, 0.1) is 11.2 Å². The molecule has 2 heterocycles. The van der Waals surface area contributed by atoms with Crippen LogP contribution in [-0.2, 0) is 11.3 Å². The van der Waals surface area contributed by atoms with Crippen molar-refractivity contribution in [2.75, 3.05) is 13.1 Å². The minimum atomic E-state index is -0.379. The fourth-order valence-corrected chi connectivity index (χ4v) is 2.78.